The minimum absolute atomic E-state index is 0.285. The molecule has 2 aromatic carbocycles. The molecule has 0 aromatic heterocycles. The van der Waals surface area contributed by atoms with Crippen LogP contribution in [0.5, 0.6) is 5.75 Å². The molecule has 1 fully saturated rings. The van der Waals surface area contributed by atoms with Crippen molar-refractivity contribution in [2.45, 2.75) is 0 Å². The Morgan fingerprint density at radius 3 is 2.48 bits per heavy atom. The fourth-order valence-corrected chi connectivity index (χ4v) is 3.16. The highest BCUT2D eigenvalue weighted by molar-refractivity contribution is 7.80. The molecule has 0 spiro atoms. The first-order chi connectivity index (χ1) is 12.2. The number of hydrogen-bond donors (Lipinski definition) is 2. The Balaban J connectivity index is 1.39. The number of para-hydroxylation sites is 2. The Morgan fingerprint density at radius 1 is 1.08 bits per heavy atom. The molecule has 4 nitrogen and oxygen atoms in total. The Kier molecular flexibility index (Phi) is 6.19. The molecule has 0 radical (unpaired) electrons. The average Bonchev–Trinajstić information content (AvgIpc) is 2.65. The van der Waals surface area contributed by atoms with Crippen molar-refractivity contribution in [3.05, 3.63) is 60.4 Å². The van der Waals surface area contributed by atoms with Crippen LogP contribution >= 0.6 is 12.2 Å². The smallest absolute Gasteiger partial charge is 0.173 e. The van der Waals surface area contributed by atoms with Crippen molar-refractivity contribution in [3.63, 3.8) is 0 Å². The zero-order chi connectivity index (χ0) is 17.5. The van der Waals surface area contributed by atoms with Crippen LogP contribution in [0.15, 0.2) is 54.6 Å². The van der Waals surface area contributed by atoms with Crippen LogP contribution in [0, 0.1) is 5.82 Å². The molecule has 6 heteroatoms. The summed E-state index contributed by atoms with van der Waals surface area (Å²) in [6, 6.07) is 16.5. The fourth-order valence-electron chi connectivity index (χ4n) is 2.86. The van der Waals surface area contributed by atoms with Gasteiger partial charge in [0.05, 0.1) is 31.9 Å². The molecule has 1 saturated heterocycles. The summed E-state index contributed by atoms with van der Waals surface area (Å²) in [7, 11) is 0. The topological polar surface area (TPSA) is 28.9 Å². The van der Waals surface area contributed by atoms with E-state index in [1.165, 1.54) is 11.0 Å². The number of rotatable bonds is 5. The highest BCUT2D eigenvalue weighted by Gasteiger charge is 2.22. The molecule has 1 heterocycles. The SMILES string of the molecule is Fc1ccccc1NC(=S)N1CC[NH+](CCOc2ccccc2)CC1. The van der Waals surface area contributed by atoms with Crippen LogP contribution in [0.2, 0.25) is 0 Å². The van der Waals surface area contributed by atoms with Gasteiger partial charge in [-0.2, -0.15) is 0 Å². The average molecular weight is 360 g/mol. The number of benzene rings is 2. The predicted octanol–water partition coefficient (Wildman–Crippen LogP) is 1.80. The predicted molar refractivity (Wildman–Crippen MR) is 102 cm³/mol. The molecule has 0 aliphatic carbocycles. The lowest BCUT2D eigenvalue weighted by atomic mass is 10.3. The molecule has 132 valence electrons. The van der Waals surface area contributed by atoms with Gasteiger partial charge in [0.2, 0.25) is 0 Å². The van der Waals surface area contributed by atoms with Gasteiger partial charge in [0.15, 0.2) is 5.11 Å². The fraction of sp³-hybridized carbons (Fsp3) is 0.316. The van der Waals surface area contributed by atoms with Crippen molar-refractivity contribution in [2.24, 2.45) is 0 Å². The van der Waals surface area contributed by atoms with E-state index in [0.717, 1.165) is 38.5 Å². The number of anilines is 1. The molecule has 0 saturated carbocycles. The molecule has 0 amide bonds. The van der Waals surface area contributed by atoms with Gasteiger partial charge in [0.1, 0.15) is 24.7 Å². The van der Waals surface area contributed by atoms with Crippen molar-refractivity contribution in [2.75, 3.05) is 44.6 Å². The van der Waals surface area contributed by atoms with Crippen molar-refractivity contribution >= 4 is 23.0 Å². The number of ether oxygens (including phenoxy) is 1. The Labute approximate surface area is 153 Å². The van der Waals surface area contributed by atoms with Gasteiger partial charge in [-0.05, 0) is 36.5 Å². The third-order valence-electron chi connectivity index (χ3n) is 4.34. The molecule has 1 aliphatic heterocycles. The lowest BCUT2D eigenvalue weighted by Crippen LogP contribution is -3.15. The quantitative estimate of drug-likeness (QED) is 0.796. The Morgan fingerprint density at radius 2 is 1.76 bits per heavy atom. The first-order valence-electron chi connectivity index (χ1n) is 8.54. The Hall–Kier alpha value is -2.18. The second-order valence-electron chi connectivity index (χ2n) is 6.06. The highest BCUT2D eigenvalue weighted by Crippen LogP contribution is 2.13. The molecule has 1 aliphatic rings. The standard InChI is InChI=1S/C19H22FN3OS/c20-17-8-4-5-9-18(17)21-19(25)23-12-10-22(11-13-23)14-15-24-16-6-2-1-3-7-16/h1-9H,10-15H2,(H,21,25)/p+1. The first-order valence-corrected chi connectivity index (χ1v) is 8.95. The molecule has 25 heavy (non-hydrogen) atoms. The first kappa shape index (κ1) is 17.6. The van der Waals surface area contributed by atoms with Crippen molar-refractivity contribution < 1.29 is 14.0 Å². The van der Waals surface area contributed by atoms with Crippen LogP contribution in [-0.2, 0) is 0 Å². The van der Waals surface area contributed by atoms with Crippen LogP contribution < -0.4 is 15.0 Å². The zero-order valence-electron chi connectivity index (χ0n) is 14.1. The van der Waals surface area contributed by atoms with Crippen LogP contribution in [0.4, 0.5) is 10.1 Å². The lowest BCUT2D eigenvalue weighted by molar-refractivity contribution is -0.903. The minimum Gasteiger partial charge on any atom is -0.488 e. The molecule has 3 rings (SSSR count). The van der Waals surface area contributed by atoms with Gasteiger partial charge in [0.25, 0.3) is 0 Å². The second-order valence-corrected chi connectivity index (χ2v) is 6.45. The minimum atomic E-state index is -0.285. The van der Waals surface area contributed by atoms with Crippen molar-refractivity contribution in [1.29, 1.82) is 0 Å². The molecule has 2 aromatic rings. The van der Waals surface area contributed by atoms with Gasteiger partial charge in [-0.1, -0.05) is 30.3 Å². The van der Waals surface area contributed by atoms with Crippen molar-refractivity contribution in [3.8, 4) is 5.75 Å². The molecule has 0 unspecified atom stereocenters. The Bertz CT molecular complexity index is 690. The van der Waals surface area contributed by atoms with Gasteiger partial charge in [0, 0.05) is 0 Å². The highest BCUT2D eigenvalue weighted by atomic mass is 32.1. The summed E-state index contributed by atoms with van der Waals surface area (Å²) in [4.78, 5) is 3.60. The monoisotopic (exact) mass is 360 g/mol. The molecule has 0 atom stereocenters. The van der Waals surface area contributed by atoms with Crippen LogP contribution in [0.25, 0.3) is 0 Å². The molecule has 0 bridgehead atoms. The summed E-state index contributed by atoms with van der Waals surface area (Å²) >= 11 is 5.42. The van der Waals surface area contributed by atoms with Gasteiger partial charge in [-0.15, -0.1) is 0 Å². The van der Waals surface area contributed by atoms with Gasteiger partial charge < -0.3 is 19.9 Å². The molecule has 2 N–H and O–H groups in total. The van der Waals surface area contributed by atoms with E-state index in [9.17, 15) is 4.39 Å². The van der Waals surface area contributed by atoms with Crippen LogP contribution in [0.1, 0.15) is 0 Å². The van der Waals surface area contributed by atoms with E-state index in [1.807, 2.05) is 30.3 Å². The number of halogens is 1. The van der Waals surface area contributed by atoms with Gasteiger partial charge in [-0.3, -0.25) is 0 Å². The number of thiocarbonyl (C=S) groups is 1. The lowest BCUT2D eigenvalue weighted by Gasteiger charge is -2.33. The zero-order valence-corrected chi connectivity index (χ0v) is 14.9. The van der Waals surface area contributed by atoms with E-state index < -0.39 is 0 Å². The van der Waals surface area contributed by atoms with Crippen LogP contribution in [0.3, 0.4) is 0 Å². The third kappa shape index (κ3) is 5.14. The van der Waals surface area contributed by atoms with E-state index in [2.05, 4.69) is 10.2 Å². The summed E-state index contributed by atoms with van der Waals surface area (Å²) in [5.41, 5.74) is 0.429. The van der Waals surface area contributed by atoms with E-state index in [-0.39, 0.29) is 5.82 Å². The number of quaternary nitrogens is 1. The summed E-state index contributed by atoms with van der Waals surface area (Å²) < 4.78 is 19.5. The van der Waals surface area contributed by atoms with Gasteiger partial charge in [-0.25, -0.2) is 4.39 Å². The van der Waals surface area contributed by atoms with E-state index in [0.29, 0.717) is 17.4 Å². The van der Waals surface area contributed by atoms with E-state index in [4.69, 9.17) is 17.0 Å². The maximum absolute atomic E-state index is 13.7. The largest absolute Gasteiger partial charge is 0.488 e. The van der Waals surface area contributed by atoms with E-state index >= 15 is 0 Å². The summed E-state index contributed by atoms with van der Waals surface area (Å²) in [6.07, 6.45) is 0. The van der Waals surface area contributed by atoms with Gasteiger partial charge >= 0.3 is 0 Å². The number of piperazine rings is 1. The van der Waals surface area contributed by atoms with Crippen LogP contribution in [-0.4, -0.2) is 49.3 Å². The number of hydrogen-bond acceptors (Lipinski definition) is 2. The normalized spacial score (nSPS) is 15.0. The maximum atomic E-state index is 13.7. The maximum Gasteiger partial charge on any atom is 0.173 e. The molecular formula is C19H23FN3OS+. The van der Waals surface area contributed by atoms with E-state index in [1.54, 1.807) is 18.2 Å². The number of nitrogens with one attached hydrogen (secondary N) is 2. The summed E-state index contributed by atoms with van der Waals surface area (Å²) in [6.45, 7) is 5.39. The third-order valence-corrected chi connectivity index (χ3v) is 4.70. The van der Waals surface area contributed by atoms with Crippen molar-refractivity contribution in [1.82, 2.24) is 4.90 Å². The summed E-state index contributed by atoms with van der Waals surface area (Å²) in [5.74, 6) is 0.628. The second kappa shape index (κ2) is 8.78. The summed E-state index contributed by atoms with van der Waals surface area (Å²) in [5, 5.41) is 3.60. The molecular weight excluding hydrogens is 337 g/mol. The number of nitrogens with zero attached hydrogens (tertiary/aromatic N) is 1.